The maximum Gasteiger partial charge on any atom is 0.329 e. The quantitative estimate of drug-likeness (QED) is 0.181. The molecule has 2 amide bonds. The maximum absolute atomic E-state index is 12.1. The topological polar surface area (TPSA) is 89.0 Å². The molecule has 2 N–H and O–H groups in total. The molecule has 0 aromatic heterocycles. The average molecular weight is 480 g/mol. The fraction of sp³-hybridized carbons (Fsp3) is 0.192. The second kappa shape index (κ2) is 13.0. The Hall–Kier alpha value is -3.84. The first-order valence-corrected chi connectivity index (χ1v) is 11.3. The minimum atomic E-state index is -0.884. The van der Waals surface area contributed by atoms with Crippen molar-refractivity contribution in [3.8, 4) is 11.5 Å². The smallest absolute Gasteiger partial charge is 0.329 e. The molecule has 0 fully saturated rings. The fourth-order valence-corrected chi connectivity index (χ4v) is 3.02. The SMILES string of the molecule is CCCCOc1ccc(NC(=O)C(=O)N/N=C\c2cccc(OCc3ccccc3Cl)c2)cc1. The largest absolute Gasteiger partial charge is 0.494 e. The van der Waals surface area contributed by atoms with Gasteiger partial charge in [0.05, 0.1) is 12.8 Å². The molecular weight excluding hydrogens is 454 g/mol. The van der Waals surface area contributed by atoms with Gasteiger partial charge in [0.25, 0.3) is 0 Å². The lowest BCUT2D eigenvalue weighted by atomic mass is 10.2. The third-order valence-electron chi connectivity index (χ3n) is 4.68. The van der Waals surface area contributed by atoms with Gasteiger partial charge in [-0.3, -0.25) is 9.59 Å². The van der Waals surface area contributed by atoms with Gasteiger partial charge in [-0.15, -0.1) is 0 Å². The zero-order chi connectivity index (χ0) is 24.2. The molecule has 34 heavy (non-hydrogen) atoms. The van der Waals surface area contributed by atoms with Gasteiger partial charge in [-0.2, -0.15) is 5.10 Å². The van der Waals surface area contributed by atoms with Crippen LogP contribution in [0.15, 0.2) is 77.9 Å². The molecule has 3 aromatic carbocycles. The third-order valence-corrected chi connectivity index (χ3v) is 5.04. The molecule has 0 heterocycles. The Kier molecular flexibility index (Phi) is 9.49. The van der Waals surface area contributed by atoms with Crippen molar-refractivity contribution in [3.05, 3.63) is 88.9 Å². The van der Waals surface area contributed by atoms with Gasteiger partial charge in [0.2, 0.25) is 0 Å². The van der Waals surface area contributed by atoms with Gasteiger partial charge in [0.1, 0.15) is 18.1 Å². The van der Waals surface area contributed by atoms with E-state index in [1.807, 2.05) is 18.2 Å². The van der Waals surface area contributed by atoms with E-state index in [0.717, 1.165) is 18.4 Å². The van der Waals surface area contributed by atoms with Crippen LogP contribution in [0.4, 0.5) is 5.69 Å². The molecule has 8 heteroatoms. The molecular formula is C26H26ClN3O4. The number of rotatable bonds is 10. The predicted molar refractivity (Wildman–Crippen MR) is 133 cm³/mol. The first kappa shape index (κ1) is 24.8. The average Bonchev–Trinajstić information content (AvgIpc) is 2.85. The lowest BCUT2D eigenvalue weighted by Crippen LogP contribution is -2.32. The van der Waals surface area contributed by atoms with E-state index in [1.54, 1.807) is 54.6 Å². The highest BCUT2D eigenvalue weighted by Crippen LogP contribution is 2.19. The van der Waals surface area contributed by atoms with Crippen LogP contribution in [0.3, 0.4) is 0 Å². The summed E-state index contributed by atoms with van der Waals surface area (Å²) >= 11 is 6.15. The highest BCUT2D eigenvalue weighted by Gasteiger charge is 2.13. The summed E-state index contributed by atoms with van der Waals surface area (Å²) in [7, 11) is 0. The molecule has 0 bridgehead atoms. The van der Waals surface area contributed by atoms with E-state index in [9.17, 15) is 9.59 Å². The van der Waals surface area contributed by atoms with Gasteiger partial charge in [0, 0.05) is 16.3 Å². The number of nitrogens with one attached hydrogen (secondary N) is 2. The van der Waals surface area contributed by atoms with Crippen molar-refractivity contribution >= 4 is 35.3 Å². The number of benzene rings is 3. The molecule has 0 aliphatic heterocycles. The van der Waals surface area contributed by atoms with Crippen LogP contribution in [-0.2, 0) is 16.2 Å². The lowest BCUT2D eigenvalue weighted by Gasteiger charge is -2.08. The van der Waals surface area contributed by atoms with Gasteiger partial charge in [-0.1, -0.05) is 55.3 Å². The Bertz CT molecular complexity index is 1130. The Morgan fingerprint density at radius 2 is 1.74 bits per heavy atom. The fourth-order valence-electron chi connectivity index (χ4n) is 2.83. The van der Waals surface area contributed by atoms with Crippen LogP contribution in [0, 0.1) is 0 Å². The van der Waals surface area contributed by atoms with Crippen LogP contribution in [0.1, 0.15) is 30.9 Å². The number of hydrazone groups is 1. The number of hydrogen-bond acceptors (Lipinski definition) is 5. The maximum atomic E-state index is 12.1. The summed E-state index contributed by atoms with van der Waals surface area (Å²) in [6.45, 7) is 3.05. The number of amides is 2. The normalized spacial score (nSPS) is 10.6. The summed E-state index contributed by atoms with van der Waals surface area (Å²) in [5.74, 6) is -0.382. The second-order valence-corrected chi connectivity index (χ2v) is 7.74. The summed E-state index contributed by atoms with van der Waals surface area (Å²) in [4.78, 5) is 24.1. The van der Waals surface area contributed by atoms with Crippen LogP contribution in [0.2, 0.25) is 5.02 Å². The Labute approximate surface area is 203 Å². The van der Waals surface area contributed by atoms with Crippen LogP contribution in [-0.4, -0.2) is 24.6 Å². The van der Waals surface area contributed by atoms with Crippen molar-refractivity contribution in [2.75, 3.05) is 11.9 Å². The second-order valence-electron chi connectivity index (χ2n) is 7.33. The zero-order valence-corrected chi connectivity index (χ0v) is 19.5. The first-order valence-electron chi connectivity index (χ1n) is 10.9. The van der Waals surface area contributed by atoms with E-state index in [0.29, 0.717) is 41.0 Å². The number of carbonyl (C=O) groups is 2. The molecule has 3 aromatic rings. The Balaban J connectivity index is 1.47. The molecule has 0 atom stereocenters. The monoisotopic (exact) mass is 479 g/mol. The summed E-state index contributed by atoms with van der Waals surface area (Å²) in [5.41, 5.74) is 4.26. The van der Waals surface area contributed by atoms with Crippen molar-refractivity contribution < 1.29 is 19.1 Å². The van der Waals surface area contributed by atoms with E-state index in [1.165, 1.54) is 6.21 Å². The third kappa shape index (κ3) is 7.94. The van der Waals surface area contributed by atoms with E-state index < -0.39 is 11.8 Å². The number of nitrogens with zero attached hydrogens (tertiary/aromatic N) is 1. The van der Waals surface area contributed by atoms with Gasteiger partial charge >= 0.3 is 11.8 Å². The molecule has 7 nitrogen and oxygen atoms in total. The number of carbonyl (C=O) groups excluding carboxylic acids is 2. The van der Waals surface area contributed by atoms with Crippen molar-refractivity contribution in [3.63, 3.8) is 0 Å². The lowest BCUT2D eigenvalue weighted by molar-refractivity contribution is -0.136. The van der Waals surface area contributed by atoms with Crippen LogP contribution < -0.4 is 20.2 Å². The van der Waals surface area contributed by atoms with Gasteiger partial charge in [0.15, 0.2) is 0 Å². The molecule has 0 saturated heterocycles. The molecule has 176 valence electrons. The van der Waals surface area contributed by atoms with Crippen molar-refractivity contribution in [2.45, 2.75) is 26.4 Å². The van der Waals surface area contributed by atoms with Crippen molar-refractivity contribution in [1.29, 1.82) is 0 Å². The van der Waals surface area contributed by atoms with Crippen LogP contribution in [0.5, 0.6) is 11.5 Å². The van der Waals surface area contributed by atoms with E-state index in [4.69, 9.17) is 21.1 Å². The zero-order valence-electron chi connectivity index (χ0n) is 18.8. The number of halogens is 1. The molecule has 3 rings (SSSR count). The van der Waals surface area contributed by atoms with Gasteiger partial charge in [-0.05, 0) is 54.4 Å². The molecule has 0 spiro atoms. The Morgan fingerprint density at radius 3 is 2.50 bits per heavy atom. The van der Waals surface area contributed by atoms with E-state index in [2.05, 4.69) is 22.8 Å². The number of anilines is 1. The summed E-state index contributed by atoms with van der Waals surface area (Å²) < 4.78 is 11.3. The van der Waals surface area contributed by atoms with Gasteiger partial charge < -0.3 is 14.8 Å². The van der Waals surface area contributed by atoms with E-state index >= 15 is 0 Å². The molecule has 0 aliphatic carbocycles. The molecule has 0 aliphatic rings. The summed E-state index contributed by atoms with van der Waals surface area (Å²) in [5, 5.41) is 7.01. The molecule has 0 radical (unpaired) electrons. The highest BCUT2D eigenvalue weighted by atomic mass is 35.5. The standard InChI is InChI=1S/C26H26ClN3O4/c1-2-3-15-33-22-13-11-21(12-14-22)29-25(31)26(32)30-28-17-19-7-6-9-23(16-19)34-18-20-8-4-5-10-24(20)27/h4-14,16-17H,2-3,15,18H2,1H3,(H,29,31)(H,30,32)/b28-17-. The minimum Gasteiger partial charge on any atom is -0.494 e. The highest BCUT2D eigenvalue weighted by molar-refractivity contribution is 6.39. The molecule has 0 unspecified atom stereocenters. The van der Waals surface area contributed by atoms with Crippen molar-refractivity contribution in [2.24, 2.45) is 5.10 Å². The van der Waals surface area contributed by atoms with E-state index in [-0.39, 0.29) is 0 Å². The van der Waals surface area contributed by atoms with Crippen LogP contribution >= 0.6 is 11.6 Å². The number of hydrogen-bond donors (Lipinski definition) is 2. The molecule has 0 saturated carbocycles. The van der Waals surface area contributed by atoms with Gasteiger partial charge in [-0.25, -0.2) is 5.43 Å². The first-order chi connectivity index (χ1) is 16.5. The number of unbranched alkanes of at least 4 members (excludes halogenated alkanes) is 1. The Morgan fingerprint density at radius 1 is 0.941 bits per heavy atom. The van der Waals surface area contributed by atoms with Crippen LogP contribution in [0.25, 0.3) is 0 Å². The summed E-state index contributed by atoms with van der Waals surface area (Å²) in [6.07, 6.45) is 3.45. The minimum absolute atomic E-state index is 0.322. The van der Waals surface area contributed by atoms with Crippen molar-refractivity contribution in [1.82, 2.24) is 5.43 Å². The predicted octanol–water partition coefficient (Wildman–Crippen LogP) is 5.19. The number of ether oxygens (including phenoxy) is 2. The summed E-state index contributed by atoms with van der Waals surface area (Å²) in [6, 6.07) is 21.4.